The Kier molecular flexibility index (Phi) is 5.65. The molecule has 0 fully saturated rings. The number of nitrogens with zero attached hydrogens (tertiary/aromatic N) is 6. The minimum Gasteiger partial charge on any atom is -0.492 e. The van der Waals surface area contributed by atoms with Gasteiger partial charge in [-0.3, -0.25) is 14.8 Å². The van der Waals surface area contributed by atoms with Gasteiger partial charge in [-0.25, -0.2) is 9.37 Å². The lowest BCUT2D eigenvalue weighted by Crippen LogP contribution is -2.19. The largest absolute Gasteiger partial charge is 0.492 e. The van der Waals surface area contributed by atoms with E-state index in [-0.39, 0.29) is 5.82 Å². The molecule has 0 aliphatic heterocycles. The van der Waals surface area contributed by atoms with Gasteiger partial charge < -0.3 is 14.6 Å². The van der Waals surface area contributed by atoms with Crippen LogP contribution in [0.15, 0.2) is 61.3 Å². The molecule has 0 radical (unpaired) electrons. The second-order valence-electron chi connectivity index (χ2n) is 9.26. The van der Waals surface area contributed by atoms with Crippen LogP contribution in [0.5, 0.6) is 5.75 Å². The number of ether oxygens (including phenoxy) is 1. The van der Waals surface area contributed by atoms with Crippen LogP contribution in [0.2, 0.25) is 0 Å². The molecule has 9 nitrogen and oxygen atoms in total. The highest BCUT2D eigenvalue weighted by atomic mass is 19.1. The van der Waals surface area contributed by atoms with Crippen LogP contribution in [0.4, 0.5) is 4.39 Å². The third-order valence-corrected chi connectivity index (χ3v) is 6.25. The number of pyridine rings is 2. The van der Waals surface area contributed by atoms with Crippen molar-refractivity contribution in [3.63, 3.8) is 0 Å². The monoisotopic (exact) mass is 496 g/mol. The first-order valence-electron chi connectivity index (χ1n) is 11.8. The molecule has 10 heteroatoms. The smallest absolute Gasteiger partial charge is 0.181 e. The number of aromatic nitrogens is 7. The Hall–Kier alpha value is -4.57. The summed E-state index contributed by atoms with van der Waals surface area (Å²) in [7, 11) is 5.82. The lowest BCUT2D eigenvalue weighted by atomic mass is 10.0. The van der Waals surface area contributed by atoms with E-state index in [1.165, 1.54) is 12.1 Å². The lowest BCUT2D eigenvalue weighted by molar-refractivity contribution is 0.260. The normalized spacial score (nSPS) is 11.7. The van der Waals surface area contributed by atoms with E-state index in [0.717, 1.165) is 50.9 Å². The highest BCUT2D eigenvalue weighted by Crippen LogP contribution is 2.35. The number of aromatic amines is 2. The van der Waals surface area contributed by atoms with Gasteiger partial charge in [0.15, 0.2) is 5.65 Å². The summed E-state index contributed by atoms with van der Waals surface area (Å²) in [5, 5.41) is 13.6. The van der Waals surface area contributed by atoms with Crippen LogP contribution < -0.4 is 4.74 Å². The van der Waals surface area contributed by atoms with Crippen LogP contribution in [-0.2, 0) is 7.05 Å². The van der Waals surface area contributed by atoms with Crippen molar-refractivity contribution in [2.24, 2.45) is 7.05 Å². The maximum atomic E-state index is 14.5. The summed E-state index contributed by atoms with van der Waals surface area (Å²) in [4.78, 5) is 14.4. The van der Waals surface area contributed by atoms with Gasteiger partial charge >= 0.3 is 0 Å². The highest BCUT2D eigenvalue weighted by molar-refractivity contribution is 6.00. The van der Waals surface area contributed by atoms with Crippen molar-refractivity contribution in [2.75, 3.05) is 27.2 Å². The molecule has 37 heavy (non-hydrogen) atoms. The molecule has 0 atom stereocenters. The number of halogens is 1. The number of benzene rings is 1. The molecule has 1 aromatic carbocycles. The number of aryl methyl sites for hydroxylation is 1. The second-order valence-corrected chi connectivity index (χ2v) is 9.26. The number of hydrogen-bond donors (Lipinski definition) is 2. The van der Waals surface area contributed by atoms with Gasteiger partial charge in [0.2, 0.25) is 0 Å². The van der Waals surface area contributed by atoms with E-state index in [1.54, 1.807) is 29.5 Å². The Bertz CT molecular complexity index is 1730. The van der Waals surface area contributed by atoms with Crippen molar-refractivity contribution >= 4 is 21.9 Å². The first-order chi connectivity index (χ1) is 17.9. The number of fused-ring (bicyclic) bond motifs is 2. The predicted octanol–water partition coefficient (Wildman–Crippen LogP) is 4.65. The summed E-state index contributed by atoms with van der Waals surface area (Å²) in [5.41, 5.74) is 6.49. The van der Waals surface area contributed by atoms with Crippen molar-refractivity contribution in [3.05, 3.63) is 67.1 Å². The fourth-order valence-electron chi connectivity index (χ4n) is 4.40. The molecule has 0 unspecified atom stereocenters. The van der Waals surface area contributed by atoms with Gasteiger partial charge in [0.1, 0.15) is 18.2 Å². The molecule has 0 saturated heterocycles. The maximum absolute atomic E-state index is 14.5. The van der Waals surface area contributed by atoms with Crippen LogP contribution in [-0.4, -0.2) is 67.1 Å². The third-order valence-electron chi connectivity index (χ3n) is 6.25. The maximum Gasteiger partial charge on any atom is 0.181 e. The molecule has 5 heterocycles. The number of likely N-dealkylation sites (N-methyl/N-ethyl adjacent to an activating group) is 1. The quantitative estimate of drug-likeness (QED) is 0.334. The van der Waals surface area contributed by atoms with Gasteiger partial charge in [-0.05, 0) is 43.9 Å². The molecule has 186 valence electrons. The zero-order valence-corrected chi connectivity index (χ0v) is 20.7. The number of nitrogens with one attached hydrogen (secondary N) is 2. The lowest BCUT2D eigenvalue weighted by Gasteiger charge is -2.12. The standard InChI is InChI=1S/C27H25FN8O/c1-35(2)4-5-37-20-7-16(6-19(28)9-20)23-13-29-14-25-21(23)10-24(32-25)26-22-8-17(11-30-27(22)34-33-26)18-12-31-36(3)15-18/h6-15,32H,4-5H2,1-3H3,(H,30,33,34). The van der Waals surface area contributed by atoms with Gasteiger partial charge in [-0.2, -0.15) is 10.2 Å². The summed E-state index contributed by atoms with van der Waals surface area (Å²) in [6, 6.07) is 8.81. The third kappa shape index (κ3) is 4.43. The summed E-state index contributed by atoms with van der Waals surface area (Å²) >= 11 is 0. The van der Waals surface area contributed by atoms with Crippen molar-refractivity contribution in [1.29, 1.82) is 0 Å². The molecule has 0 aliphatic rings. The van der Waals surface area contributed by atoms with Crippen LogP contribution >= 0.6 is 0 Å². The number of hydrogen-bond acceptors (Lipinski definition) is 6. The molecular weight excluding hydrogens is 471 g/mol. The first kappa shape index (κ1) is 22.9. The molecule has 5 aromatic heterocycles. The molecular formula is C27H25FN8O. The molecule has 6 aromatic rings. The molecule has 0 spiro atoms. The zero-order chi connectivity index (χ0) is 25.5. The Morgan fingerprint density at radius 3 is 2.68 bits per heavy atom. The summed E-state index contributed by atoms with van der Waals surface area (Å²) in [5.74, 6) is 0.122. The Labute approximate surface area is 211 Å². The molecule has 0 amide bonds. The Morgan fingerprint density at radius 2 is 1.86 bits per heavy atom. The molecule has 0 bridgehead atoms. The highest BCUT2D eigenvalue weighted by Gasteiger charge is 2.16. The molecule has 0 aliphatic carbocycles. The first-order valence-corrected chi connectivity index (χ1v) is 11.8. The van der Waals surface area contributed by atoms with Crippen LogP contribution in [0.25, 0.3) is 55.6 Å². The van der Waals surface area contributed by atoms with Crippen molar-refractivity contribution < 1.29 is 9.13 Å². The van der Waals surface area contributed by atoms with E-state index < -0.39 is 0 Å². The minimum atomic E-state index is -0.362. The van der Waals surface area contributed by atoms with E-state index in [4.69, 9.17) is 4.74 Å². The summed E-state index contributed by atoms with van der Waals surface area (Å²) in [6.07, 6.45) is 9.04. The predicted molar refractivity (Wildman–Crippen MR) is 141 cm³/mol. The van der Waals surface area contributed by atoms with E-state index in [0.29, 0.717) is 23.6 Å². The Morgan fingerprint density at radius 1 is 0.973 bits per heavy atom. The van der Waals surface area contributed by atoms with Crippen molar-refractivity contribution in [3.8, 4) is 39.4 Å². The topological polar surface area (TPSA) is 101 Å². The molecule has 0 saturated carbocycles. The number of rotatable bonds is 7. The van der Waals surface area contributed by atoms with Crippen molar-refractivity contribution in [1.82, 2.24) is 39.8 Å². The van der Waals surface area contributed by atoms with E-state index >= 15 is 0 Å². The molecule has 2 N–H and O–H groups in total. The Balaban J connectivity index is 1.40. The van der Waals surface area contributed by atoms with Crippen molar-refractivity contribution in [2.45, 2.75) is 0 Å². The average Bonchev–Trinajstić information content (AvgIpc) is 3.60. The zero-order valence-electron chi connectivity index (χ0n) is 20.7. The molecule has 6 rings (SSSR count). The minimum absolute atomic E-state index is 0.362. The van der Waals surface area contributed by atoms with Gasteiger partial charge in [-0.15, -0.1) is 0 Å². The van der Waals surface area contributed by atoms with Gasteiger partial charge in [-0.1, -0.05) is 0 Å². The van der Waals surface area contributed by atoms with E-state index in [9.17, 15) is 4.39 Å². The van der Waals surface area contributed by atoms with Gasteiger partial charge in [0, 0.05) is 65.7 Å². The summed E-state index contributed by atoms with van der Waals surface area (Å²) in [6.45, 7) is 1.20. The van der Waals surface area contributed by atoms with Crippen LogP contribution in [0.3, 0.4) is 0 Å². The van der Waals surface area contributed by atoms with E-state index in [2.05, 4.69) is 30.2 Å². The second kappa shape index (κ2) is 9.14. The van der Waals surface area contributed by atoms with Gasteiger partial charge in [0.05, 0.1) is 29.3 Å². The van der Waals surface area contributed by atoms with Crippen LogP contribution in [0, 0.1) is 5.82 Å². The summed E-state index contributed by atoms with van der Waals surface area (Å²) < 4.78 is 22.1. The SMILES string of the molecule is CN(C)CCOc1cc(F)cc(-c2cncc3[nH]c(-c4[nH]nc5ncc(-c6cnn(C)c6)cc45)cc23)c1. The van der Waals surface area contributed by atoms with Crippen LogP contribution in [0.1, 0.15) is 0 Å². The fourth-order valence-corrected chi connectivity index (χ4v) is 4.40. The fraction of sp³-hybridized carbons (Fsp3) is 0.185. The average molecular weight is 497 g/mol. The van der Waals surface area contributed by atoms with E-state index in [1.807, 2.05) is 50.4 Å². The van der Waals surface area contributed by atoms with Gasteiger partial charge in [0.25, 0.3) is 0 Å². The number of H-pyrrole nitrogens is 2.